The van der Waals surface area contributed by atoms with Crippen LogP contribution < -0.4 is 4.74 Å². The fraction of sp³-hybridized carbons (Fsp3) is 0.600. The molecule has 2 rings (SSSR count). The molecule has 1 atom stereocenters. The van der Waals surface area contributed by atoms with Crippen LogP contribution in [0.4, 0.5) is 0 Å². The lowest BCUT2D eigenvalue weighted by Crippen LogP contribution is -2.36. The minimum absolute atomic E-state index is 0.207. The van der Waals surface area contributed by atoms with E-state index in [1.54, 1.807) is 0 Å². The van der Waals surface area contributed by atoms with Crippen molar-refractivity contribution in [2.24, 2.45) is 5.92 Å². The van der Waals surface area contributed by atoms with Gasteiger partial charge in [-0.05, 0) is 35.6 Å². The van der Waals surface area contributed by atoms with Crippen LogP contribution >= 0.6 is 11.6 Å². The van der Waals surface area contributed by atoms with Crippen molar-refractivity contribution in [2.75, 3.05) is 6.61 Å². The summed E-state index contributed by atoms with van der Waals surface area (Å²) in [5.74, 6) is 1.14. The zero-order valence-electron chi connectivity index (χ0n) is 11.3. The SMILES string of the molecule is CCC(O)(Cc1cc(Cl)cc2c1OCC2)C(C)C. The lowest BCUT2D eigenvalue weighted by atomic mass is 9.82. The molecule has 0 aliphatic carbocycles. The van der Waals surface area contributed by atoms with Crippen LogP contribution in [0.25, 0.3) is 0 Å². The summed E-state index contributed by atoms with van der Waals surface area (Å²) in [7, 11) is 0. The zero-order valence-corrected chi connectivity index (χ0v) is 12.0. The highest BCUT2D eigenvalue weighted by atomic mass is 35.5. The summed E-state index contributed by atoms with van der Waals surface area (Å²) < 4.78 is 5.68. The van der Waals surface area contributed by atoms with Gasteiger partial charge in [-0.3, -0.25) is 0 Å². The topological polar surface area (TPSA) is 29.5 Å². The monoisotopic (exact) mass is 268 g/mol. The smallest absolute Gasteiger partial charge is 0.126 e. The maximum atomic E-state index is 10.7. The van der Waals surface area contributed by atoms with Crippen LogP contribution in [0.3, 0.4) is 0 Å². The maximum absolute atomic E-state index is 10.7. The molecule has 1 aliphatic heterocycles. The van der Waals surface area contributed by atoms with Gasteiger partial charge in [-0.2, -0.15) is 0 Å². The van der Waals surface area contributed by atoms with Crippen molar-refractivity contribution in [1.29, 1.82) is 0 Å². The average Bonchev–Trinajstić information content (AvgIpc) is 2.76. The number of hydrogen-bond acceptors (Lipinski definition) is 2. The van der Waals surface area contributed by atoms with Gasteiger partial charge >= 0.3 is 0 Å². The van der Waals surface area contributed by atoms with Gasteiger partial charge in [-0.15, -0.1) is 0 Å². The first-order valence-corrected chi connectivity index (χ1v) is 7.00. The minimum Gasteiger partial charge on any atom is -0.493 e. The van der Waals surface area contributed by atoms with Crippen molar-refractivity contribution >= 4 is 11.6 Å². The Morgan fingerprint density at radius 1 is 1.44 bits per heavy atom. The van der Waals surface area contributed by atoms with Crippen molar-refractivity contribution in [3.63, 3.8) is 0 Å². The van der Waals surface area contributed by atoms with Crippen molar-refractivity contribution < 1.29 is 9.84 Å². The predicted octanol–water partition coefficient (Wildman–Crippen LogP) is 3.61. The highest BCUT2D eigenvalue weighted by molar-refractivity contribution is 6.30. The van der Waals surface area contributed by atoms with Crippen molar-refractivity contribution in [2.45, 2.75) is 45.6 Å². The Balaban J connectivity index is 2.35. The molecular formula is C15H21ClO2. The lowest BCUT2D eigenvalue weighted by molar-refractivity contribution is -0.00871. The number of aliphatic hydroxyl groups is 1. The summed E-state index contributed by atoms with van der Waals surface area (Å²) in [4.78, 5) is 0. The van der Waals surface area contributed by atoms with Gasteiger partial charge < -0.3 is 9.84 Å². The molecule has 1 unspecified atom stereocenters. The van der Waals surface area contributed by atoms with E-state index in [1.165, 1.54) is 5.56 Å². The highest BCUT2D eigenvalue weighted by Gasteiger charge is 2.31. The van der Waals surface area contributed by atoms with E-state index in [0.29, 0.717) is 6.42 Å². The van der Waals surface area contributed by atoms with E-state index in [-0.39, 0.29) is 5.92 Å². The Hall–Kier alpha value is -0.730. The molecule has 1 aliphatic rings. The van der Waals surface area contributed by atoms with Crippen LogP contribution in [0.1, 0.15) is 38.3 Å². The van der Waals surface area contributed by atoms with E-state index in [2.05, 4.69) is 13.8 Å². The molecule has 18 heavy (non-hydrogen) atoms. The summed E-state index contributed by atoms with van der Waals surface area (Å²) in [6.45, 7) is 6.84. The Morgan fingerprint density at radius 3 is 2.78 bits per heavy atom. The van der Waals surface area contributed by atoms with E-state index in [9.17, 15) is 5.11 Å². The number of hydrogen-bond donors (Lipinski definition) is 1. The normalized spacial score (nSPS) is 17.4. The van der Waals surface area contributed by atoms with Crippen molar-refractivity contribution in [3.05, 3.63) is 28.3 Å². The first-order chi connectivity index (χ1) is 8.46. The molecule has 1 aromatic carbocycles. The van der Waals surface area contributed by atoms with Crippen LogP contribution in [0.5, 0.6) is 5.75 Å². The molecule has 0 spiro atoms. The number of halogens is 1. The standard InChI is InChI=1S/C15H21ClO2/c1-4-15(17,10(2)3)9-12-8-13(16)7-11-5-6-18-14(11)12/h7-8,10,17H,4-6,9H2,1-3H3. The van der Waals surface area contributed by atoms with Gasteiger partial charge in [0.05, 0.1) is 12.2 Å². The van der Waals surface area contributed by atoms with Gasteiger partial charge in [-0.1, -0.05) is 32.4 Å². The molecule has 1 aromatic rings. The fourth-order valence-electron chi connectivity index (χ4n) is 2.54. The van der Waals surface area contributed by atoms with Crippen LogP contribution in [-0.4, -0.2) is 17.3 Å². The van der Waals surface area contributed by atoms with E-state index in [4.69, 9.17) is 16.3 Å². The molecule has 0 bridgehead atoms. The molecule has 3 heteroatoms. The second-order valence-corrected chi connectivity index (χ2v) is 5.88. The molecule has 0 amide bonds. The summed E-state index contributed by atoms with van der Waals surface area (Å²) in [6, 6.07) is 3.89. The number of benzene rings is 1. The molecule has 0 aromatic heterocycles. The third-order valence-corrected chi connectivity index (χ3v) is 4.23. The summed E-state index contributed by atoms with van der Waals surface area (Å²) in [6.07, 6.45) is 2.24. The number of fused-ring (bicyclic) bond motifs is 1. The lowest BCUT2D eigenvalue weighted by Gasteiger charge is -2.31. The second-order valence-electron chi connectivity index (χ2n) is 5.44. The van der Waals surface area contributed by atoms with Gasteiger partial charge in [0.1, 0.15) is 5.75 Å². The van der Waals surface area contributed by atoms with E-state index in [0.717, 1.165) is 35.8 Å². The molecule has 0 radical (unpaired) electrons. The Morgan fingerprint density at radius 2 is 2.17 bits per heavy atom. The fourth-order valence-corrected chi connectivity index (χ4v) is 2.81. The minimum atomic E-state index is -0.690. The molecule has 1 N–H and O–H groups in total. The van der Waals surface area contributed by atoms with E-state index < -0.39 is 5.60 Å². The molecule has 1 heterocycles. The van der Waals surface area contributed by atoms with Gasteiger partial charge in [0.2, 0.25) is 0 Å². The van der Waals surface area contributed by atoms with Crippen LogP contribution in [-0.2, 0) is 12.8 Å². The summed E-state index contributed by atoms with van der Waals surface area (Å²) in [5.41, 5.74) is 1.51. The Bertz CT molecular complexity index is 442. The average molecular weight is 269 g/mol. The third-order valence-electron chi connectivity index (χ3n) is 4.01. The highest BCUT2D eigenvalue weighted by Crippen LogP contribution is 2.37. The van der Waals surface area contributed by atoms with Crippen LogP contribution in [0.2, 0.25) is 5.02 Å². The van der Waals surface area contributed by atoms with Gasteiger partial charge in [0.25, 0.3) is 0 Å². The summed E-state index contributed by atoms with van der Waals surface area (Å²) in [5, 5.41) is 11.4. The van der Waals surface area contributed by atoms with E-state index >= 15 is 0 Å². The Labute approximate surface area is 114 Å². The molecule has 0 fully saturated rings. The molecule has 2 nitrogen and oxygen atoms in total. The van der Waals surface area contributed by atoms with Crippen LogP contribution in [0.15, 0.2) is 12.1 Å². The second kappa shape index (κ2) is 5.10. The Kier molecular flexibility index (Phi) is 3.88. The van der Waals surface area contributed by atoms with Gasteiger partial charge in [0, 0.05) is 17.9 Å². The molecule has 0 saturated carbocycles. The van der Waals surface area contributed by atoms with Crippen molar-refractivity contribution in [3.8, 4) is 5.75 Å². The number of rotatable bonds is 4. The maximum Gasteiger partial charge on any atom is 0.126 e. The largest absolute Gasteiger partial charge is 0.493 e. The van der Waals surface area contributed by atoms with E-state index in [1.807, 2.05) is 19.1 Å². The summed E-state index contributed by atoms with van der Waals surface area (Å²) >= 11 is 6.14. The molecule has 0 saturated heterocycles. The van der Waals surface area contributed by atoms with Crippen molar-refractivity contribution in [1.82, 2.24) is 0 Å². The third kappa shape index (κ3) is 2.50. The predicted molar refractivity (Wildman–Crippen MR) is 74.4 cm³/mol. The van der Waals surface area contributed by atoms with Gasteiger partial charge in [0.15, 0.2) is 0 Å². The quantitative estimate of drug-likeness (QED) is 0.904. The van der Waals surface area contributed by atoms with Gasteiger partial charge in [-0.25, -0.2) is 0 Å². The first-order valence-electron chi connectivity index (χ1n) is 6.62. The number of ether oxygens (including phenoxy) is 1. The molecule has 100 valence electrons. The first kappa shape index (κ1) is 13.7. The molecular weight excluding hydrogens is 248 g/mol. The zero-order chi connectivity index (χ0) is 13.3. The van der Waals surface area contributed by atoms with Crippen LogP contribution in [0, 0.1) is 5.92 Å².